The zero-order valence-electron chi connectivity index (χ0n) is 10.1. The van der Waals surface area contributed by atoms with Crippen molar-refractivity contribution in [2.75, 3.05) is 19.6 Å². The smallest absolute Gasteiger partial charge is 0.0978 e. The maximum atomic E-state index is 3.81. The van der Waals surface area contributed by atoms with Gasteiger partial charge in [0.15, 0.2) is 0 Å². The predicted octanol–water partition coefficient (Wildman–Crippen LogP) is 1.76. The first-order chi connectivity index (χ1) is 6.48. The van der Waals surface area contributed by atoms with E-state index >= 15 is 0 Å². The number of rotatable bonds is 3. The fraction of sp³-hybridized carbons (Fsp3) is 1.00. The molecular formula is C12H25N2+. The largest absolute Gasteiger partial charge is 0.320 e. The number of nitrogens with one attached hydrogen (secondary N) is 1. The molecule has 0 aromatic carbocycles. The quantitative estimate of drug-likeness (QED) is 0.680. The molecule has 2 heteroatoms. The van der Waals surface area contributed by atoms with E-state index in [0.717, 1.165) is 6.04 Å². The molecular weight excluding hydrogens is 172 g/mol. The topological polar surface area (TPSA) is 12.0 Å². The molecule has 2 saturated heterocycles. The molecule has 0 aromatic heterocycles. The minimum Gasteiger partial charge on any atom is -0.320 e. The van der Waals surface area contributed by atoms with Crippen LogP contribution in [0.15, 0.2) is 0 Å². The van der Waals surface area contributed by atoms with Gasteiger partial charge in [-0.1, -0.05) is 13.8 Å². The Morgan fingerprint density at radius 3 is 2.00 bits per heavy atom. The predicted molar refractivity (Wildman–Crippen MR) is 60.2 cm³/mol. The molecule has 0 spiro atoms. The maximum Gasteiger partial charge on any atom is 0.0978 e. The lowest BCUT2D eigenvalue weighted by atomic mass is 9.94. The van der Waals surface area contributed by atoms with E-state index in [9.17, 15) is 0 Å². The Morgan fingerprint density at radius 1 is 1.07 bits per heavy atom. The molecule has 14 heavy (non-hydrogen) atoms. The monoisotopic (exact) mass is 197 g/mol. The number of fused-ring (bicyclic) bond motifs is 2. The first kappa shape index (κ1) is 10.4. The van der Waals surface area contributed by atoms with Gasteiger partial charge in [-0.3, -0.25) is 0 Å². The van der Waals surface area contributed by atoms with E-state index in [1.165, 1.54) is 37.0 Å². The van der Waals surface area contributed by atoms with Crippen LogP contribution in [0.5, 0.6) is 0 Å². The Labute approximate surface area is 88.3 Å². The molecule has 2 rings (SSSR count). The summed E-state index contributed by atoms with van der Waals surface area (Å²) in [5, 5.41) is 3.81. The Morgan fingerprint density at radius 2 is 1.64 bits per heavy atom. The normalized spacial score (nSPS) is 41.6. The van der Waals surface area contributed by atoms with Crippen LogP contribution in [-0.4, -0.2) is 41.7 Å². The summed E-state index contributed by atoms with van der Waals surface area (Å²) >= 11 is 0. The highest BCUT2D eigenvalue weighted by molar-refractivity contribution is 4.98. The molecule has 2 nitrogen and oxygen atoms in total. The molecule has 82 valence electrons. The van der Waals surface area contributed by atoms with Crippen molar-refractivity contribution in [3.8, 4) is 0 Å². The van der Waals surface area contributed by atoms with E-state index < -0.39 is 0 Å². The molecule has 0 radical (unpaired) electrons. The zero-order chi connectivity index (χ0) is 10.4. The Bertz CT molecular complexity index is 212. The molecule has 2 bridgehead atoms. The van der Waals surface area contributed by atoms with Crippen molar-refractivity contribution in [1.29, 1.82) is 0 Å². The number of hydrogen-bond donors (Lipinski definition) is 1. The molecule has 0 saturated carbocycles. The molecule has 0 aliphatic carbocycles. The van der Waals surface area contributed by atoms with Gasteiger partial charge in [0.2, 0.25) is 0 Å². The Kier molecular flexibility index (Phi) is 2.39. The zero-order valence-corrected chi connectivity index (χ0v) is 10.1. The molecule has 0 amide bonds. The third-order valence-electron chi connectivity index (χ3n) is 4.38. The molecule has 0 aromatic rings. The van der Waals surface area contributed by atoms with Gasteiger partial charge in [0.1, 0.15) is 0 Å². The van der Waals surface area contributed by atoms with Gasteiger partial charge in [-0.25, -0.2) is 0 Å². The first-order valence-electron chi connectivity index (χ1n) is 6.12. The van der Waals surface area contributed by atoms with E-state index in [1.807, 2.05) is 0 Å². The van der Waals surface area contributed by atoms with Crippen molar-refractivity contribution < 1.29 is 4.48 Å². The van der Waals surface area contributed by atoms with Gasteiger partial charge in [-0.15, -0.1) is 0 Å². The molecule has 2 heterocycles. The van der Waals surface area contributed by atoms with Crippen LogP contribution in [0.3, 0.4) is 0 Å². The molecule has 2 fully saturated rings. The second-order valence-electron chi connectivity index (χ2n) is 6.00. The fourth-order valence-electron chi connectivity index (χ4n) is 3.53. The van der Waals surface area contributed by atoms with Gasteiger partial charge >= 0.3 is 0 Å². The van der Waals surface area contributed by atoms with E-state index in [0.29, 0.717) is 11.6 Å². The van der Waals surface area contributed by atoms with Gasteiger partial charge in [-0.05, 0) is 13.8 Å². The maximum absolute atomic E-state index is 3.81. The summed E-state index contributed by atoms with van der Waals surface area (Å²) in [7, 11) is 0. The summed E-state index contributed by atoms with van der Waals surface area (Å²) < 4.78 is 1.37. The molecule has 2 aliphatic heterocycles. The molecule has 0 atom stereocenters. The number of nitrogens with zero attached hydrogens (tertiary/aromatic N) is 1. The minimum absolute atomic E-state index is 0.498. The third-order valence-corrected chi connectivity index (χ3v) is 4.38. The van der Waals surface area contributed by atoms with Crippen molar-refractivity contribution in [1.82, 2.24) is 5.32 Å². The third kappa shape index (κ3) is 1.49. The van der Waals surface area contributed by atoms with E-state index in [4.69, 9.17) is 0 Å². The summed E-state index contributed by atoms with van der Waals surface area (Å²) in [5.74, 6) is 0. The summed E-state index contributed by atoms with van der Waals surface area (Å²) in [5.41, 5.74) is 0.498. The van der Waals surface area contributed by atoms with Crippen molar-refractivity contribution >= 4 is 0 Å². The number of quaternary nitrogens is 1. The van der Waals surface area contributed by atoms with Gasteiger partial charge < -0.3 is 9.80 Å². The van der Waals surface area contributed by atoms with Crippen LogP contribution in [0.25, 0.3) is 0 Å². The van der Waals surface area contributed by atoms with Gasteiger partial charge in [0, 0.05) is 18.9 Å². The molecule has 2 aliphatic rings. The second-order valence-corrected chi connectivity index (χ2v) is 6.00. The lowest BCUT2D eigenvalue weighted by Gasteiger charge is -2.35. The van der Waals surface area contributed by atoms with Gasteiger partial charge in [-0.2, -0.15) is 0 Å². The Balaban J connectivity index is 2.08. The van der Waals surface area contributed by atoms with Crippen LogP contribution in [0, 0.1) is 0 Å². The van der Waals surface area contributed by atoms with Gasteiger partial charge in [0.05, 0.1) is 31.2 Å². The number of piperidine rings is 1. The summed E-state index contributed by atoms with van der Waals surface area (Å²) in [4.78, 5) is 0. The van der Waals surface area contributed by atoms with Crippen molar-refractivity contribution in [3.63, 3.8) is 0 Å². The van der Waals surface area contributed by atoms with Crippen LogP contribution in [0.2, 0.25) is 0 Å². The molecule has 1 N–H and O–H groups in total. The van der Waals surface area contributed by atoms with Crippen molar-refractivity contribution in [2.45, 2.75) is 58.2 Å². The first-order valence-corrected chi connectivity index (χ1v) is 6.12. The summed E-state index contributed by atoms with van der Waals surface area (Å²) in [6.45, 7) is 13.5. The van der Waals surface area contributed by atoms with Crippen molar-refractivity contribution in [2.24, 2.45) is 0 Å². The van der Waals surface area contributed by atoms with E-state index in [-0.39, 0.29) is 0 Å². The Hall–Kier alpha value is -0.0800. The van der Waals surface area contributed by atoms with Crippen LogP contribution in [-0.2, 0) is 0 Å². The summed E-state index contributed by atoms with van der Waals surface area (Å²) in [6, 6.07) is 1.45. The highest BCUT2D eigenvalue weighted by Crippen LogP contribution is 2.40. The molecule has 0 unspecified atom stereocenters. The average Bonchev–Trinajstić information content (AvgIpc) is 2.58. The van der Waals surface area contributed by atoms with Crippen LogP contribution in [0.4, 0.5) is 0 Å². The van der Waals surface area contributed by atoms with E-state index in [1.54, 1.807) is 0 Å². The van der Waals surface area contributed by atoms with Crippen molar-refractivity contribution in [3.05, 3.63) is 0 Å². The fourth-order valence-corrected chi connectivity index (χ4v) is 3.53. The average molecular weight is 197 g/mol. The van der Waals surface area contributed by atoms with Crippen LogP contribution in [0.1, 0.15) is 40.5 Å². The minimum atomic E-state index is 0.498. The van der Waals surface area contributed by atoms with E-state index in [2.05, 4.69) is 33.0 Å². The lowest BCUT2D eigenvalue weighted by molar-refractivity contribution is -0.929. The van der Waals surface area contributed by atoms with Gasteiger partial charge in [0.25, 0.3) is 0 Å². The summed E-state index contributed by atoms with van der Waals surface area (Å²) in [6.07, 6.45) is 2.78. The lowest BCUT2D eigenvalue weighted by Crippen LogP contribution is -2.50. The highest BCUT2D eigenvalue weighted by Gasteiger charge is 2.56. The number of hydrogen-bond acceptors (Lipinski definition) is 1. The highest BCUT2D eigenvalue weighted by atomic mass is 15.4. The van der Waals surface area contributed by atoms with Crippen LogP contribution < -0.4 is 5.32 Å². The SMILES string of the molecule is CC(C)NC12CC[N+](C(C)C)(CC1)C2. The standard InChI is InChI=1S/C12H25N2/c1-10(2)13-12-5-7-14(9-12,8-6-12)11(3)4/h10-11,13H,5-9H2,1-4H3/q+1. The van der Waals surface area contributed by atoms with Crippen LogP contribution >= 0.6 is 0 Å². The second kappa shape index (κ2) is 3.21.